The third-order valence-electron chi connectivity index (χ3n) is 0.399. The molecule has 0 saturated carbocycles. The molecule has 0 saturated heterocycles. The number of carboxylic acids is 1. The number of ether oxygens (including phenoxy) is 1. The molecule has 10 heteroatoms. The molecule has 0 amide bonds. The molecular weight excluding hydrogens is 293 g/mol. The summed E-state index contributed by atoms with van der Waals surface area (Å²) in [5.41, 5.74) is 0. The van der Waals surface area contributed by atoms with Gasteiger partial charge < -0.3 is 31.7 Å². The monoisotopic (exact) mass is 306 g/mol. The number of carbonyl (C=O) groups is 2. The van der Waals surface area contributed by atoms with Gasteiger partial charge in [-0.05, 0) is 0 Å². The number of rotatable bonds is 2. The van der Waals surface area contributed by atoms with Crippen LogP contribution in [0, 0.1) is 0 Å². The van der Waals surface area contributed by atoms with Gasteiger partial charge in [0.1, 0.15) is 0 Å². The maximum atomic E-state index is 9.86. The summed E-state index contributed by atoms with van der Waals surface area (Å²) in [6.07, 6.45) is 0. The Hall–Kier alpha value is -0.233. The number of carbonyl (C=O) groups excluding carboxylic acids is 1. The van der Waals surface area contributed by atoms with Crippen molar-refractivity contribution in [1.29, 1.82) is 0 Å². The van der Waals surface area contributed by atoms with Crippen LogP contribution in [0.4, 0.5) is 0 Å². The molecular formula is C4H14Ni2O8. The SMILES string of the molecule is CC(=O)OCC(=O)O.O.O.O.O.[Ni].[Ni]. The Morgan fingerprint density at radius 3 is 1.43 bits per heavy atom. The Balaban J connectivity index is -0.0000000163. The summed E-state index contributed by atoms with van der Waals surface area (Å²) >= 11 is 0. The summed E-state index contributed by atoms with van der Waals surface area (Å²) in [6, 6.07) is 0. The van der Waals surface area contributed by atoms with Gasteiger partial charge in [0, 0.05) is 39.9 Å². The summed E-state index contributed by atoms with van der Waals surface area (Å²) in [5, 5.41) is 7.89. The molecule has 0 unspecified atom stereocenters. The van der Waals surface area contributed by atoms with Gasteiger partial charge >= 0.3 is 11.9 Å². The van der Waals surface area contributed by atoms with Crippen molar-refractivity contribution in [3.8, 4) is 0 Å². The van der Waals surface area contributed by atoms with Crippen LogP contribution < -0.4 is 0 Å². The van der Waals surface area contributed by atoms with Crippen LogP contribution in [-0.2, 0) is 47.3 Å². The molecule has 98 valence electrons. The van der Waals surface area contributed by atoms with E-state index in [4.69, 9.17) is 5.11 Å². The van der Waals surface area contributed by atoms with Gasteiger partial charge in [0.2, 0.25) is 0 Å². The van der Waals surface area contributed by atoms with E-state index in [1.807, 2.05) is 0 Å². The molecule has 0 heterocycles. The minimum atomic E-state index is -1.14. The van der Waals surface area contributed by atoms with Crippen molar-refractivity contribution in [3.05, 3.63) is 0 Å². The van der Waals surface area contributed by atoms with Crippen LogP contribution in [0.2, 0.25) is 0 Å². The van der Waals surface area contributed by atoms with E-state index in [0.717, 1.165) is 6.92 Å². The smallest absolute Gasteiger partial charge is 0.341 e. The molecule has 8 nitrogen and oxygen atoms in total. The van der Waals surface area contributed by atoms with Crippen molar-refractivity contribution in [2.45, 2.75) is 6.92 Å². The summed E-state index contributed by atoms with van der Waals surface area (Å²) < 4.78 is 4.06. The van der Waals surface area contributed by atoms with Gasteiger partial charge in [-0.15, -0.1) is 0 Å². The van der Waals surface area contributed by atoms with Crippen molar-refractivity contribution in [1.82, 2.24) is 0 Å². The fraction of sp³-hybridized carbons (Fsp3) is 0.500. The van der Waals surface area contributed by atoms with Crippen molar-refractivity contribution in [3.63, 3.8) is 0 Å². The molecule has 0 aliphatic rings. The molecule has 0 fully saturated rings. The molecule has 14 heavy (non-hydrogen) atoms. The quantitative estimate of drug-likeness (QED) is 0.406. The second kappa shape index (κ2) is 29.3. The summed E-state index contributed by atoms with van der Waals surface area (Å²) in [6.45, 7) is 0.609. The Labute approximate surface area is 100 Å². The first kappa shape index (κ1) is 49.0. The molecule has 0 radical (unpaired) electrons. The predicted octanol–water partition coefficient (Wildman–Crippen LogP) is -3.67. The molecule has 0 rings (SSSR count). The van der Waals surface area contributed by atoms with Crippen LogP contribution in [0.15, 0.2) is 0 Å². The predicted molar refractivity (Wildman–Crippen MR) is 38.7 cm³/mol. The van der Waals surface area contributed by atoms with Gasteiger partial charge in [-0.3, -0.25) is 4.79 Å². The minimum absolute atomic E-state index is 0. The zero-order valence-electron chi connectivity index (χ0n) is 7.01. The molecule has 0 aliphatic heterocycles. The van der Waals surface area contributed by atoms with E-state index in [1.54, 1.807) is 0 Å². The minimum Gasteiger partial charge on any atom is -0.479 e. The van der Waals surface area contributed by atoms with E-state index in [9.17, 15) is 9.59 Å². The maximum Gasteiger partial charge on any atom is 0.341 e. The van der Waals surface area contributed by atoms with Crippen molar-refractivity contribution in [2.24, 2.45) is 0 Å². The van der Waals surface area contributed by atoms with Crippen LogP contribution in [-0.4, -0.2) is 45.6 Å². The first-order valence-corrected chi connectivity index (χ1v) is 1.98. The van der Waals surface area contributed by atoms with Crippen molar-refractivity contribution in [2.75, 3.05) is 6.61 Å². The molecule has 9 N–H and O–H groups in total. The molecule has 0 aliphatic carbocycles. The van der Waals surface area contributed by atoms with Gasteiger partial charge in [-0.25, -0.2) is 4.79 Å². The first-order valence-electron chi connectivity index (χ1n) is 1.98. The fourth-order valence-corrected chi connectivity index (χ4v) is 0.163. The van der Waals surface area contributed by atoms with Gasteiger partial charge in [-0.1, -0.05) is 0 Å². The number of hydrogen-bond acceptors (Lipinski definition) is 3. The molecule has 0 bridgehead atoms. The van der Waals surface area contributed by atoms with E-state index in [-0.39, 0.29) is 54.9 Å². The van der Waals surface area contributed by atoms with E-state index in [0.29, 0.717) is 0 Å². The van der Waals surface area contributed by atoms with E-state index in [2.05, 4.69) is 4.74 Å². The summed E-state index contributed by atoms with van der Waals surface area (Å²) in [4.78, 5) is 19.5. The third kappa shape index (κ3) is 60.0. The van der Waals surface area contributed by atoms with Gasteiger partial charge in [0.15, 0.2) is 6.61 Å². The second-order valence-electron chi connectivity index (χ2n) is 1.17. The average Bonchev–Trinajstić information content (AvgIpc) is 1.61. The van der Waals surface area contributed by atoms with Crippen LogP contribution >= 0.6 is 0 Å². The van der Waals surface area contributed by atoms with E-state index < -0.39 is 18.5 Å². The normalized spacial score (nSPS) is 4.64. The maximum absolute atomic E-state index is 9.86. The van der Waals surface area contributed by atoms with E-state index in [1.165, 1.54) is 0 Å². The number of hydrogen-bond donors (Lipinski definition) is 1. The van der Waals surface area contributed by atoms with Crippen LogP contribution in [0.5, 0.6) is 0 Å². The van der Waals surface area contributed by atoms with Gasteiger partial charge in [-0.2, -0.15) is 0 Å². The summed E-state index contributed by atoms with van der Waals surface area (Å²) in [7, 11) is 0. The topological polar surface area (TPSA) is 190 Å². The second-order valence-corrected chi connectivity index (χ2v) is 1.17. The summed E-state index contributed by atoms with van der Waals surface area (Å²) in [5.74, 6) is -1.72. The van der Waals surface area contributed by atoms with Crippen LogP contribution in [0.3, 0.4) is 0 Å². The number of aliphatic carboxylic acids is 1. The number of esters is 1. The molecule has 0 aromatic carbocycles. The van der Waals surface area contributed by atoms with Crippen LogP contribution in [0.1, 0.15) is 6.92 Å². The first-order chi connectivity index (χ1) is 3.63. The molecule has 0 aromatic heterocycles. The Bertz CT molecular complexity index is 104. The zero-order valence-corrected chi connectivity index (χ0v) is 8.99. The molecule has 0 aromatic rings. The molecule has 0 atom stereocenters. The zero-order chi connectivity index (χ0) is 6.57. The fourth-order valence-electron chi connectivity index (χ4n) is 0.163. The standard InChI is InChI=1S/C4H6O4.2Ni.4H2O/c1-3(5)8-2-4(6)7;;;;;;/h2H2,1H3,(H,6,7);;;4*1H2. The Morgan fingerprint density at radius 1 is 1.07 bits per heavy atom. The average molecular weight is 308 g/mol. The van der Waals surface area contributed by atoms with Crippen LogP contribution in [0.25, 0.3) is 0 Å². The molecule has 0 spiro atoms. The van der Waals surface area contributed by atoms with Gasteiger partial charge in [0.25, 0.3) is 0 Å². The van der Waals surface area contributed by atoms with Crippen molar-refractivity contribution >= 4 is 11.9 Å². The number of carboxylic acid groups (broad SMARTS) is 1. The third-order valence-corrected chi connectivity index (χ3v) is 0.399. The van der Waals surface area contributed by atoms with E-state index >= 15 is 0 Å². The van der Waals surface area contributed by atoms with Gasteiger partial charge in [0.05, 0.1) is 0 Å². The largest absolute Gasteiger partial charge is 0.479 e. The van der Waals surface area contributed by atoms with Crippen molar-refractivity contribution < 1.29 is 74.3 Å². The Morgan fingerprint density at radius 2 is 1.36 bits per heavy atom. The Kier molecular flexibility index (Phi) is 103.